The zero-order chi connectivity index (χ0) is 13.1. The highest BCUT2D eigenvalue weighted by atomic mass is 127. The van der Waals surface area contributed by atoms with Gasteiger partial charge in [0.15, 0.2) is 5.78 Å². The van der Waals surface area contributed by atoms with Gasteiger partial charge in [-0.3, -0.25) is 4.79 Å². The smallest absolute Gasteiger partial charge is 0.159 e. The summed E-state index contributed by atoms with van der Waals surface area (Å²) in [5, 5.41) is 3.24. The van der Waals surface area contributed by atoms with Crippen molar-refractivity contribution in [1.29, 1.82) is 0 Å². The summed E-state index contributed by atoms with van der Waals surface area (Å²) in [6.45, 7) is 1.53. The highest BCUT2D eigenvalue weighted by molar-refractivity contribution is 14.1. The molecule has 0 aliphatic carbocycles. The number of halogens is 1. The molecule has 0 aliphatic heterocycles. The van der Waals surface area contributed by atoms with E-state index in [4.69, 9.17) is 5.73 Å². The normalized spacial score (nSPS) is 10.1. The first kappa shape index (κ1) is 12.9. The van der Waals surface area contributed by atoms with E-state index in [9.17, 15) is 4.79 Å². The number of rotatable bonds is 3. The first-order valence-corrected chi connectivity index (χ1v) is 6.57. The minimum atomic E-state index is 0.0162. The first-order valence-electron chi connectivity index (χ1n) is 5.49. The molecule has 0 saturated carbocycles. The maximum absolute atomic E-state index is 11.2. The summed E-state index contributed by atoms with van der Waals surface area (Å²) in [6.07, 6.45) is 0. The van der Waals surface area contributed by atoms with Crippen molar-refractivity contribution in [2.45, 2.75) is 6.92 Å². The summed E-state index contributed by atoms with van der Waals surface area (Å²) < 4.78 is 1.15. The lowest BCUT2D eigenvalue weighted by molar-refractivity contribution is 0.101. The third-order valence-corrected chi connectivity index (χ3v) is 3.23. The molecule has 3 nitrogen and oxygen atoms in total. The molecule has 2 aromatic carbocycles. The minimum absolute atomic E-state index is 0.0162. The Kier molecular flexibility index (Phi) is 3.86. The van der Waals surface area contributed by atoms with E-state index in [-0.39, 0.29) is 5.78 Å². The van der Waals surface area contributed by atoms with E-state index < -0.39 is 0 Å². The molecule has 0 aliphatic rings. The van der Waals surface area contributed by atoms with Gasteiger partial charge in [0.1, 0.15) is 0 Å². The second-order valence-corrected chi connectivity index (χ2v) is 5.24. The van der Waals surface area contributed by atoms with Gasteiger partial charge in [-0.15, -0.1) is 0 Å². The number of carbonyl (C=O) groups is 1. The second-order valence-electron chi connectivity index (χ2n) is 3.99. The van der Waals surface area contributed by atoms with Gasteiger partial charge in [0.05, 0.1) is 11.4 Å². The maximum atomic E-state index is 11.2. The highest BCUT2D eigenvalue weighted by Crippen LogP contribution is 2.25. The van der Waals surface area contributed by atoms with Crippen LogP contribution in [0.2, 0.25) is 0 Å². The van der Waals surface area contributed by atoms with Gasteiger partial charge in [-0.2, -0.15) is 0 Å². The molecule has 0 spiro atoms. The number of nitrogens with one attached hydrogen (secondary N) is 1. The number of nitrogens with two attached hydrogens (primary N) is 1. The predicted octanol–water partition coefficient (Wildman–Crippen LogP) is 3.82. The van der Waals surface area contributed by atoms with E-state index in [0.29, 0.717) is 11.3 Å². The monoisotopic (exact) mass is 352 g/mol. The van der Waals surface area contributed by atoms with Gasteiger partial charge in [-0.1, -0.05) is 6.07 Å². The van der Waals surface area contributed by atoms with Crippen molar-refractivity contribution in [3.05, 3.63) is 51.6 Å². The van der Waals surface area contributed by atoms with Crippen LogP contribution < -0.4 is 11.1 Å². The van der Waals surface area contributed by atoms with Crippen LogP contribution in [0.4, 0.5) is 17.1 Å². The number of Topliss-reactive ketones (excluding diaryl/α,β-unsaturated/α-hetero) is 1. The van der Waals surface area contributed by atoms with E-state index in [1.165, 1.54) is 6.92 Å². The fourth-order valence-electron chi connectivity index (χ4n) is 1.62. The number of nitrogen functional groups attached to an aromatic ring is 1. The molecule has 0 bridgehead atoms. The number of ketones is 1. The number of hydrogen-bond acceptors (Lipinski definition) is 3. The summed E-state index contributed by atoms with van der Waals surface area (Å²) in [4.78, 5) is 11.2. The largest absolute Gasteiger partial charge is 0.397 e. The van der Waals surface area contributed by atoms with Crippen LogP contribution in [0.5, 0.6) is 0 Å². The van der Waals surface area contributed by atoms with Gasteiger partial charge < -0.3 is 11.1 Å². The Hall–Kier alpha value is -1.56. The van der Waals surface area contributed by atoms with Crippen molar-refractivity contribution in [2.75, 3.05) is 11.1 Å². The number of carbonyl (C=O) groups excluding carboxylic acids is 1. The van der Waals surface area contributed by atoms with Crippen LogP contribution >= 0.6 is 22.6 Å². The molecule has 0 saturated heterocycles. The standard InChI is InChI=1S/C14H13IN2O/c1-9(18)10-5-6-14(13(16)7-10)17-12-4-2-3-11(15)8-12/h2-8,17H,16H2,1H3. The third kappa shape index (κ3) is 3.01. The van der Waals surface area contributed by atoms with Crippen molar-refractivity contribution in [3.63, 3.8) is 0 Å². The maximum Gasteiger partial charge on any atom is 0.159 e. The summed E-state index contributed by atoms with van der Waals surface area (Å²) in [5.41, 5.74) is 8.91. The van der Waals surface area contributed by atoms with Gasteiger partial charge in [0.25, 0.3) is 0 Å². The Labute approximate surface area is 120 Å². The van der Waals surface area contributed by atoms with Crippen LogP contribution in [0, 0.1) is 3.57 Å². The van der Waals surface area contributed by atoms with E-state index in [1.807, 2.05) is 30.3 Å². The second kappa shape index (κ2) is 5.39. The fourth-order valence-corrected chi connectivity index (χ4v) is 2.16. The molecule has 92 valence electrons. The predicted molar refractivity (Wildman–Crippen MR) is 83.3 cm³/mol. The molecule has 4 heteroatoms. The Balaban J connectivity index is 2.27. The molecule has 0 heterocycles. The average Bonchev–Trinajstić information content (AvgIpc) is 2.31. The van der Waals surface area contributed by atoms with E-state index in [0.717, 1.165) is 14.9 Å². The average molecular weight is 352 g/mol. The van der Waals surface area contributed by atoms with Crippen LogP contribution in [-0.2, 0) is 0 Å². The van der Waals surface area contributed by atoms with Gasteiger partial charge in [0.2, 0.25) is 0 Å². The van der Waals surface area contributed by atoms with E-state index in [2.05, 4.69) is 27.9 Å². The highest BCUT2D eigenvalue weighted by Gasteiger charge is 2.04. The van der Waals surface area contributed by atoms with Crippen molar-refractivity contribution >= 4 is 45.4 Å². The summed E-state index contributed by atoms with van der Waals surface area (Å²) >= 11 is 2.25. The summed E-state index contributed by atoms with van der Waals surface area (Å²) in [7, 11) is 0. The van der Waals surface area contributed by atoms with Crippen molar-refractivity contribution < 1.29 is 4.79 Å². The number of hydrogen-bond donors (Lipinski definition) is 2. The molecule has 0 atom stereocenters. The van der Waals surface area contributed by atoms with E-state index >= 15 is 0 Å². The van der Waals surface area contributed by atoms with Gasteiger partial charge in [-0.25, -0.2) is 0 Å². The minimum Gasteiger partial charge on any atom is -0.397 e. The molecule has 0 unspecified atom stereocenters. The van der Waals surface area contributed by atoms with E-state index in [1.54, 1.807) is 12.1 Å². The lowest BCUT2D eigenvalue weighted by atomic mass is 10.1. The van der Waals surface area contributed by atoms with Crippen LogP contribution in [0.1, 0.15) is 17.3 Å². The SMILES string of the molecule is CC(=O)c1ccc(Nc2cccc(I)c2)c(N)c1. The molecule has 3 N–H and O–H groups in total. The van der Waals surface area contributed by atoms with Crippen molar-refractivity contribution in [1.82, 2.24) is 0 Å². The molecule has 0 radical (unpaired) electrons. The van der Waals surface area contributed by atoms with Crippen LogP contribution in [0.25, 0.3) is 0 Å². The Bertz CT molecular complexity index is 596. The quantitative estimate of drug-likeness (QED) is 0.502. The van der Waals surface area contributed by atoms with Crippen molar-refractivity contribution in [3.8, 4) is 0 Å². The summed E-state index contributed by atoms with van der Waals surface area (Å²) in [6, 6.07) is 13.3. The molecule has 2 rings (SSSR count). The third-order valence-electron chi connectivity index (χ3n) is 2.56. The fraction of sp³-hybridized carbons (Fsp3) is 0.0714. The first-order chi connectivity index (χ1) is 8.56. The number of benzene rings is 2. The van der Waals surface area contributed by atoms with Crippen LogP contribution in [0.3, 0.4) is 0 Å². The lowest BCUT2D eigenvalue weighted by Gasteiger charge is -2.10. The summed E-state index contributed by atoms with van der Waals surface area (Å²) in [5.74, 6) is 0.0162. The zero-order valence-corrected chi connectivity index (χ0v) is 12.1. The molecule has 0 amide bonds. The Morgan fingerprint density at radius 3 is 2.61 bits per heavy atom. The Morgan fingerprint density at radius 1 is 1.22 bits per heavy atom. The van der Waals surface area contributed by atoms with Crippen LogP contribution in [-0.4, -0.2) is 5.78 Å². The van der Waals surface area contributed by atoms with Crippen molar-refractivity contribution in [2.24, 2.45) is 0 Å². The lowest BCUT2D eigenvalue weighted by Crippen LogP contribution is -1.99. The van der Waals surface area contributed by atoms with Gasteiger partial charge in [-0.05, 0) is 65.9 Å². The molecular formula is C14H13IN2O. The topological polar surface area (TPSA) is 55.1 Å². The van der Waals surface area contributed by atoms with Crippen LogP contribution in [0.15, 0.2) is 42.5 Å². The zero-order valence-electron chi connectivity index (χ0n) is 9.91. The molecule has 2 aromatic rings. The van der Waals surface area contributed by atoms with Gasteiger partial charge in [0, 0.05) is 14.8 Å². The molecule has 0 aromatic heterocycles. The molecule has 18 heavy (non-hydrogen) atoms. The molecular weight excluding hydrogens is 339 g/mol. The Morgan fingerprint density at radius 2 is 2.00 bits per heavy atom. The molecule has 0 fully saturated rings. The number of anilines is 3. The van der Waals surface area contributed by atoms with Gasteiger partial charge >= 0.3 is 0 Å².